The fraction of sp³-hybridized carbons (Fsp3) is 0.219. The topological polar surface area (TPSA) is 74.3 Å². The maximum Gasteiger partial charge on any atom is 0.243 e. The Labute approximate surface area is 230 Å². The zero-order chi connectivity index (χ0) is 28.0. The van der Waals surface area contributed by atoms with Gasteiger partial charge in [-0.2, -0.15) is 0 Å². The zero-order valence-electron chi connectivity index (χ0n) is 22.2. The number of para-hydroxylation sites is 3. The van der Waals surface area contributed by atoms with Gasteiger partial charge in [-0.25, -0.2) is 8.78 Å². The summed E-state index contributed by atoms with van der Waals surface area (Å²) in [4.78, 5) is 33.4. The molecule has 4 aromatic rings. The smallest absolute Gasteiger partial charge is 0.243 e. The number of benzene rings is 3. The third kappa shape index (κ3) is 4.93. The van der Waals surface area contributed by atoms with E-state index in [4.69, 9.17) is 0 Å². The van der Waals surface area contributed by atoms with E-state index in [0.29, 0.717) is 34.8 Å². The Kier molecular flexibility index (Phi) is 6.33. The number of ketones is 1. The molecular weight excluding hydrogens is 510 g/mol. The van der Waals surface area contributed by atoms with E-state index in [1.807, 2.05) is 68.4 Å². The summed E-state index contributed by atoms with van der Waals surface area (Å²) in [6, 6.07) is 19.2. The molecule has 0 bridgehead atoms. The lowest BCUT2D eigenvalue weighted by molar-refractivity contribution is -0.119. The standard InChI is InChI=1S/C32H28F2N4O2/c1-32(2)15-26-30(28(39)16-32)31(20-11-21(33)14-22(34)12-20)38(27-10-6-5-9-25(27)37-26)18-29(40)36-23-13-19-7-3-4-8-24(19)35-17-23/h3-14,17,31,37H,15-16,18H2,1-2H3,(H,36,40). The normalized spacial score (nSPS) is 18.1. The van der Waals surface area contributed by atoms with Crippen LogP contribution in [0.15, 0.2) is 90.3 Å². The van der Waals surface area contributed by atoms with Crippen LogP contribution in [0.4, 0.5) is 25.8 Å². The van der Waals surface area contributed by atoms with Crippen molar-refractivity contribution in [2.45, 2.75) is 32.7 Å². The molecule has 1 unspecified atom stereocenters. The molecule has 2 aliphatic rings. The molecule has 1 aliphatic heterocycles. The Morgan fingerprint density at radius 2 is 1.75 bits per heavy atom. The predicted octanol–water partition coefficient (Wildman–Crippen LogP) is 6.77. The van der Waals surface area contributed by atoms with Gasteiger partial charge < -0.3 is 15.5 Å². The van der Waals surface area contributed by atoms with Gasteiger partial charge in [0.25, 0.3) is 0 Å². The van der Waals surface area contributed by atoms with Crippen LogP contribution in [-0.2, 0) is 9.59 Å². The fourth-order valence-corrected chi connectivity index (χ4v) is 5.80. The monoisotopic (exact) mass is 538 g/mol. The highest BCUT2D eigenvalue weighted by Crippen LogP contribution is 2.48. The Morgan fingerprint density at radius 3 is 2.55 bits per heavy atom. The first-order valence-electron chi connectivity index (χ1n) is 13.2. The third-order valence-corrected chi connectivity index (χ3v) is 7.39. The predicted molar refractivity (Wildman–Crippen MR) is 152 cm³/mol. The number of hydrogen-bond donors (Lipinski definition) is 2. The number of amides is 1. The van der Waals surface area contributed by atoms with Gasteiger partial charge in [-0.05, 0) is 53.8 Å². The highest BCUT2D eigenvalue weighted by atomic mass is 19.1. The second-order valence-corrected chi connectivity index (χ2v) is 11.2. The van der Waals surface area contributed by atoms with E-state index < -0.39 is 17.7 Å². The molecule has 1 aromatic heterocycles. The number of carbonyl (C=O) groups is 2. The maximum atomic E-state index is 14.6. The van der Waals surface area contributed by atoms with Gasteiger partial charge in [-0.1, -0.05) is 44.2 Å². The molecule has 1 atom stereocenters. The average molecular weight is 539 g/mol. The van der Waals surface area contributed by atoms with Gasteiger partial charge in [0.2, 0.25) is 5.91 Å². The largest absolute Gasteiger partial charge is 0.357 e. The average Bonchev–Trinajstić information content (AvgIpc) is 3.02. The van der Waals surface area contributed by atoms with Crippen LogP contribution in [-0.4, -0.2) is 23.2 Å². The Morgan fingerprint density at radius 1 is 1.02 bits per heavy atom. The molecule has 40 heavy (non-hydrogen) atoms. The van der Waals surface area contributed by atoms with Crippen molar-refractivity contribution in [1.29, 1.82) is 0 Å². The third-order valence-electron chi connectivity index (χ3n) is 7.39. The lowest BCUT2D eigenvalue weighted by Gasteiger charge is -2.37. The Hall–Kier alpha value is -4.59. The first-order valence-corrected chi connectivity index (χ1v) is 13.2. The lowest BCUT2D eigenvalue weighted by Crippen LogP contribution is -2.40. The summed E-state index contributed by atoms with van der Waals surface area (Å²) < 4.78 is 29.1. The summed E-state index contributed by atoms with van der Waals surface area (Å²) in [6.07, 6.45) is 2.44. The molecule has 3 aromatic carbocycles. The second-order valence-electron chi connectivity index (χ2n) is 11.2. The summed E-state index contributed by atoms with van der Waals surface area (Å²) in [7, 11) is 0. The van der Waals surface area contributed by atoms with E-state index in [1.165, 1.54) is 12.1 Å². The fourth-order valence-electron chi connectivity index (χ4n) is 5.80. The number of anilines is 3. The number of nitrogens with one attached hydrogen (secondary N) is 2. The molecule has 0 saturated carbocycles. The Bertz CT molecular complexity index is 1680. The molecule has 0 radical (unpaired) electrons. The molecule has 6 nitrogen and oxygen atoms in total. The maximum absolute atomic E-state index is 14.6. The minimum Gasteiger partial charge on any atom is -0.357 e. The van der Waals surface area contributed by atoms with Crippen LogP contribution in [0, 0.1) is 17.0 Å². The van der Waals surface area contributed by atoms with Gasteiger partial charge >= 0.3 is 0 Å². The molecule has 1 aliphatic carbocycles. The number of Topliss-reactive ketones (excluding diaryl/α,β-unsaturated/α-hetero) is 1. The van der Waals surface area contributed by atoms with Crippen LogP contribution >= 0.6 is 0 Å². The number of halogens is 2. The van der Waals surface area contributed by atoms with Gasteiger partial charge in [-0.3, -0.25) is 14.6 Å². The van der Waals surface area contributed by atoms with E-state index in [0.717, 1.165) is 17.0 Å². The molecule has 0 saturated heterocycles. The highest BCUT2D eigenvalue weighted by Gasteiger charge is 2.42. The summed E-state index contributed by atoms with van der Waals surface area (Å²) in [6.45, 7) is 3.86. The molecule has 202 valence electrons. The molecule has 0 fully saturated rings. The zero-order valence-corrected chi connectivity index (χ0v) is 22.2. The highest BCUT2D eigenvalue weighted by molar-refractivity contribution is 6.03. The van der Waals surface area contributed by atoms with Crippen LogP contribution in [0.25, 0.3) is 10.9 Å². The summed E-state index contributed by atoms with van der Waals surface area (Å²) in [5, 5.41) is 7.23. The first-order chi connectivity index (χ1) is 19.2. The van der Waals surface area contributed by atoms with Crippen molar-refractivity contribution in [2.24, 2.45) is 5.41 Å². The van der Waals surface area contributed by atoms with E-state index in [1.54, 1.807) is 11.1 Å². The van der Waals surface area contributed by atoms with Crippen molar-refractivity contribution in [1.82, 2.24) is 4.98 Å². The van der Waals surface area contributed by atoms with Gasteiger partial charge in [0.05, 0.1) is 41.4 Å². The van der Waals surface area contributed by atoms with Gasteiger partial charge in [-0.15, -0.1) is 0 Å². The minimum absolute atomic E-state index is 0.120. The molecule has 2 N–H and O–H groups in total. The van der Waals surface area contributed by atoms with Crippen LogP contribution in [0.3, 0.4) is 0 Å². The number of allylic oxidation sites excluding steroid dienone is 1. The van der Waals surface area contributed by atoms with Crippen molar-refractivity contribution in [2.75, 3.05) is 22.1 Å². The van der Waals surface area contributed by atoms with Crippen molar-refractivity contribution >= 4 is 39.7 Å². The quantitative estimate of drug-likeness (QED) is 0.300. The van der Waals surface area contributed by atoms with Crippen molar-refractivity contribution in [3.63, 3.8) is 0 Å². The molecule has 2 heterocycles. The summed E-state index contributed by atoms with van der Waals surface area (Å²) in [5.74, 6) is -1.98. The lowest BCUT2D eigenvalue weighted by atomic mass is 9.73. The van der Waals surface area contributed by atoms with Crippen molar-refractivity contribution < 1.29 is 18.4 Å². The SMILES string of the molecule is CC1(C)CC(=O)C2=C(C1)Nc1ccccc1N(CC(=O)Nc1cnc3ccccc3c1)C2c1cc(F)cc(F)c1. The van der Waals surface area contributed by atoms with Crippen molar-refractivity contribution in [3.8, 4) is 0 Å². The van der Waals surface area contributed by atoms with Crippen molar-refractivity contribution in [3.05, 3.63) is 107 Å². The van der Waals surface area contributed by atoms with E-state index >= 15 is 0 Å². The number of pyridine rings is 1. The minimum atomic E-state index is -0.888. The molecule has 0 spiro atoms. The number of hydrogen-bond acceptors (Lipinski definition) is 5. The van der Waals surface area contributed by atoms with E-state index in [9.17, 15) is 18.4 Å². The second kappa shape index (κ2) is 9.86. The molecule has 1 amide bonds. The molecule has 8 heteroatoms. The van der Waals surface area contributed by atoms with E-state index in [2.05, 4.69) is 15.6 Å². The number of nitrogens with zero attached hydrogens (tertiary/aromatic N) is 2. The summed E-state index contributed by atoms with van der Waals surface area (Å²) >= 11 is 0. The van der Waals surface area contributed by atoms with Crippen LogP contribution in [0.1, 0.15) is 38.3 Å². The molecule has 6 rings (SSSR count). The first kappa shape index (κ1) is 25.7. The molecular formula is C32H28F2N4O2. The number of fused-ring (bicyclic) bond motifs is 2. The van der Waals surface area contributed by atoms with Gasteiger partial charge in [0, 0.05) is 29.1 Å². The van der Waals surface area contributed by atoms with Gasteiger partial charge in [0.1, 0.15) is 11.6 Å². The van der Waals surface area contributed by atoms with Crippen LogP contribution in [0.2, 0.25) is 0 Å². The van der Waals surface area contributed by atoms with Crippen LogP contribution < -0.4 is 15.5 Å². The number of carbonyl (C=O) groups excluding carboxylic acids is 2. The number of rotatable bonds is 4. The van der Waals surface area contributed by atoms with E-state index in [-0.39, 0.29) is 35.6 Å². The van der Waals surface area contributed by atoms with Gasteiger partial charge in [0.15, 0.2) is 5.78 Å². The van der Waals surface area contributed by atoms with Crippen LogP contribution in [0.5, 0.6) is 0 Å². The Balaban J connectivity index is 1.46. The summed E-state index contributed by atoms with van der Waals surface area (Å²) in [5.41, 5.74) is 3.75. The number of aromatic nitrogens is 1.